The fourth-order valence-electron chi connectivity index (χ4n) is 3.22. The predicted molar refractivity (Wildman–Crippen MR) is 96.8 cm³/mol. The Labute approximate surface area is 154 Å². The maximum Gasteiger partial charge on any atom is 0.256 e. The topological polar surface area (TPSA) is 108 Å². The van der Waals surface area contributed by atoms with E-state index < -0.39 is 24.5 Å². The Balaban J connectivity index is 1.65. The number of anilines is 1. The van der Waals surface area contributed by atoms with Crippen molar-refractivity contribution in [3.8, 4) is 0 Å². The molecule has 3 heterocycles. The number of benzene rings is 1. The van der Waals surface area contributed by atoms with E-state index >= 15 is 0 Å². The number of carbonyl (C=O) groups excluding carboxylic acids is 1. The lowest BCUT2D eigenvalue weighted by molar-refractivity contribution is -0.00981. The van der Waals surface area contributed by atoms with Crippen LogP contribution < -0.4 is 11.1 Å². The van der Waals surface area contributed by atoms with E-state index in [1.807, 2.05) is 13.0 Å². The number of hydrogen-bond acceptors (Lipinski definition) is 6. The number of imidazole rings is 1. The van der Waals surface area contributed by atoms with Crippen LogP contribution in [0.2, 0.25) is 0 Å². The molecule has 140 valence electrons. The molecule has 0 saturated carbocycles. The summed E-state index contributed by atoms with van der Waals surface area (Å²) in [5.41, 5.74) is 7.30. The van der Waals surface area contributed by atoms with Crippen molar-refractivity contribution in [1.29, 1.82) is 0 Å². The first-order valence-corrected chi connectivity index (χ1v) is 8.69. The predicted octanol–water partition coefficient (Wildman–Crippen LogP) is 2.05. The van der Waals surface area contributed by atoms with Crippen LogP contribution in [0.1, 0.15) is 29.9 Å². The van der Waals surface area contributed by atoms with Crippen LogP contribution in [0.3, 0.4) is 0 Å². The summed E-state index contributed by atoms with van der Waals surface area (Å²) in [6.07, 6.45) is 0.755. The highest BCUT2D eigenvalue weighted by atomic mass is 19.1. The molecule has 1 aliphatic heterocycles. The summed E-state index contributed by atoms with van der Waals surface area (Å²) in [4.78, 5) is 25.0. The van der Waals surface area contributed by atoms with Crippen molar-refractivity contribution in [2.75, 3.05) is 5.32 Å². The smallest absolute Gasteiger partial charge is 0.256 e. The molecule has 0 spiro atoms. The van der Waals surface area contributed by atoms with E-state index in [9.17, 15) is 9.18 Å². The number of carbonyl (C=O) groups is 1. The SMILES string of the molecule is CC[C@H]1O[C@@H](n2cnc3c(NC(=O)c4ccccc4)ncnc32)[C@H](N)[C@@H]1F. The minimum Gasteiger partial charge on any atom is -0.350 e. The number of ether oxygens (including phenoxy) is 1. The van der Waals surface area contributed by atoms with Gasteiger partial charge in [-0.3, -0.25) is 9.36 Å². The number of amides is 1. The molecule has 4 atom stereocenters. The molecule has 8 nitrogen and oxygen atoms in total. The number of nitrogens with zero attached hydrogens (tertiary/aromatic N) is 4. The molecule has 0 aliphatic carbocycles. The Bertz CT molecular complexity index is 963. The molecule has 1 aromatic carbocycles. The molecule has 3 N–H and O–H groups in total. The summed E-state index contributed by atoms with van der Waals surface area (Å²) in [7, 11) is 0. The maximum atomic E-state index is 14.3. The third-order valence-corrected chi connectivity index (χ3v) is 4.67. The van der Waals surface area contributed by atoms with Gasteiger partial charge in [-0.1, -0.05) is 25.1 Å². The van der Waals surface area contributed by atoms with Crippen LogP contribution in [0.25, 0.3) is 11.2 Å². The van der Waals surface area contributed by atoms with Crippen molar-refractivity contribution in [3.63, 3.8) is 0 Å². The highest BCUT2D eigenvalue weighted by molar-refractivity contribution is 6.06. The van der Waals surface area contributed by atoms with Crippen LogP contribution in [0.4, 0.5) is 10.2 Å². The van der Waals surface area contributed by atoms with Crippen LogP contribution in [-0.4, -0.2) is 43.7 Å². The van der Waals surface area contributed by atoms with Gasteiger partial charge in [0.25, 0.3) is 5.91 Å². The molecule has 2 aromatic heterocycles. The molecule has 4 rings (SSSR count). The zero-order valence-electron chi connectivity index (χ0n) is 14.6. The van der Waals surface area contributed by atoms with Gasteiger partial charge in [0.15, 0.2) is 23.2 Å². The third-order valence-electron chi connectivity index (χ3n) is 4.67. The molecule has 1 amide bonds. The van der Waals surface area contributed by atoms with Crippen LogP contribution in [-0.2, 0) is 4.74 Å². The van der Waals surface area contributed by atoms with Crippen LogP contribution in [0.15, 0.2) is 43.0 Å². The monoisotopic (exact) mass is 370 g/mol. The molecule has 1 saturated heterocycles. The second kappa shape index (κ2) is 7.01. The molecule has 3 aromatic rings. The van der Waals surface area contributed by atoms with Crippen LogP contribution >= 0.6 is 0 Å². The summed E-state index contributed by atoms with van der Waals surface area (Å²) < 4.78 is 21.6. The Hall–Kier alpha value is -2.91. The first kappa shape index (κ1) is 17.5. The van der Waals surface area contributed by atoms with Gasteiger partial charge in [-0.15, -0.1) is 0 Å². The lowest BCUT2D eigenvalue weighted by atomic mass is 10.1. The van der Waals surface area contributed by atoms with Gasteiger partial charge in [0.05, 0.1) is 18.5 Å². The Morgan fingerprint density at radius 1 is 1.30 bits per heavy atom. The standard InChI is InChI=1S/C18H19FN6O2/c1-2-11-12(19)13(20)18(27-11)25-9-23-14-15(21-8-22-16(14)25)24-17(26)10-6-4-3-5-7-10/h3-9,11-13,18H,2,20H2,1H3,(H,21,22,24,26)/t11-,12-,13-,18-/m1/s1. The average Bonchev–Trinajstić information content (AvgIpc) is 3.25. The van der Waals surface area contributed by atoms with E-state index in [0.29, 0.717) is 23.1 Å². The summed E-state index contributed by atoms with van der Waals surface area (Å²) in [5, 5.41) is 2.73. The van der Waals surface area contributed by atoms with E-state index in [-0.39, 0.29) is 11.7 Å². The highest BCUT2D eigenvalue weighted by Crippen LogP contribution is 2.33. The van der Waals surface area contributed by atoms with E-state index in [2.05, 4.69) is 20.3 Å². The molecule has 0 radical (unpaired) electrons. The second-order valence-electron chi connectivity index (χ2n) is 6.36. The van der Waals surface area contributed by atoms with Gasteiger partial charge in [0.2, 0.25) is 0 Å². The molecular formula is C18H19FN6O2. The van der Waals surface area contributed by atoms with E-state index in [0.717, 1.165) is 0 Å². The number of alkyl halides is 1. The van der Waals surface area contributed by atoms with Crippen molar-refractivity contribution in [2.24, 2.45) is 5.73 Å². The normalized spacial score (nSPS) is 25.0. The lowest BCUT2D eigenvalue weighted by Gasteiger charge is -2.17. The minimum atomic E-state index is -1.27. The van der Waals surface area contributed by atoms with Crippen molar-refractivity contribution >= 4 is 22.9 Å². The molecular weight excluding hydrogens is 351 g/mol. The van der Waals surface area contributed by atoms with Crippen LogP contribution in [0, 0.1) is 0 Å². The van der Waals surface area contributed by atoms with E-state index in [4.69, 9.17) is 10.5 Å². The quantitative estimate of drug-likeness (QED) is 0.728. The van der Waals surface area contributed by atoms with Crippen molar-refractivity contribution in [2.45, 2.75) is 37.9 Å². The largest absolute Gasteiger partial charge is 0.350 e. The van der Waals surface area contributed by atoms with Crippen LogP contribution in [0.5, 0.6) is 0 Å². The number of rotatable bonds is 4. The second-order valence-corrected chi connectivity index (χ2v) is 6.36. The number of nitrogens with one attached hydrogen (secondary N) is 1. The number of fused-ring (bicyclic) bond motifs is 1. The van der Waals surface area contributed by atoms with Crippen molar-refractivity contribution in [1.82, 2.24) is 19.5 Å². The average molecular weight is 370 g/mol. The number of aromatic nitrogens is 4. The Morgan fingerprint density at radius 3 is 2.78 bits per heavy atom. The Morgan fingerprint density at radius 2 is 2.07 bits per heavy atom. The van der Waals surface area contributed by atoms with E-state index in [1.54, 1.807) is 28.8 Å². The first-order chi connectivity index (χ1) is 13.1. The summed E-state index contributed by atoms with van der Waals surface area (Å²) in [6.45, 7) is 1.84. The fraction of sp³-hybridized carbons (Fsp3) is 0.333. The zero-order chi connectivity index (χ0) is 19.0. The van der Waals surface area contributed by atoms with Gasteiger partial charge < -0.3 is 15.8 Å². The number of hydrogen-bond donors (Lipinski definition) is 2. The van der Waals surface area contributed by atoms with Gasteiger partial charge in [0, 0.05) is 5.56 Å². The summed E-state index contributed by atoms with van der Waals surface area (Å²) >= 11 is 0. The highest BCUT2D eigenvalue weighted by Gasteiger charge is 2.43. The zero-order valence-corrected chi connectivity index (χ0v) is 14.6. The van der Waals surface area contributed by atoms with Gasteiger partial charge in [0.1, 0.15) is 12.5 Å². The van der Waals surface area contributed by atoms with Gasteiger partial charge in [-0.05, 0) is 18.6 Å². The number of halogens is 1. The van der Waals surface area contributed by atoms with Crippen molar-refractivity contribution < 1.29 is 13.9 Å². The van der Waals surface area contributed by atoms with Gasteiger partial charge >= 0.3 is 0 Å². The first-order valence-electron chi connectivity index (χ1n) is 8.69. The molecule has 1 aliphatic rings. The molecule has 0 bridgehead atoms. The van der Waals surface area contributed by atoms with Crippen molar-refractivity contribution in [3.05, 3.63) is 48.5 Å². The van der Waals surface area contributed by atoms with Gasteiger partial charge in [-0.25, -0.2) is 19.3 Å². The molecule has 27 heavy (non-hydrogen) atoms. The molecule has 0 unspecified atom stereocenters. The lowest BCUT2D eigenvalue weighted by Crippen LogP contribution is -2.36. The fourth-order valence-corrected chi connectivity index (χ4v) is 3.22. The van der Waals surface area contributed by atoms with E-state index in [1.165, 1.54) is 12.7 Å². The molecule has 9 heteroatoms. The molecule has 1 fully saturated rings. The van der Waals surface area contributed by atoms with Gasteiger partial charge in [-0.2, -0.15) is 0 Å². The maximum absolute atomic E-state index is 14.3. The summed E-state index contributed by atoms with van der Waals surface area (Å²) in [5.74, 6) is -0.0446. The third kappa shape index (κ3) is 3.04. The summed E-state index contributed by atoms with van der Waals surface area (Å²) in [6, 6.07) is 7.94. The number of nitrogens with two attached hydrogens (primary N) is 1. The Kier molecular flexibility index (Phi) is 4.54. The minimum absolute atomic E-state index is 0.267.